The fourth-order valence-electron chi connectivity index (χ4n) is 3.75. The Morgan fingerprint density at radius 2 is 1.93 bits per heavy atom. The van der Waals surface area contributed by atoms with Gasteiger partial charge in [0.2, 0.25) is 5.91 Å². The Morgan fingerprint density at radius 1 is 1.19 bits per heavy atom. The number of hydrogen-bond donors (Lipinski definition) is 2. The zero-order valence-corrected chi connectivity index (χ0v) is 16.7. The fourth-order valence-corrected chi connectivity index (χ4v) is 3.75. The lowest BCUT2D eigenvalue weighted by molar-refractivity contribution is -0.210. The van der Waals surface area contributed by atoms with E-state index in [4.69, 9.17) is 14.2 Å². The fraction of sp³-hybridized carbons (Fsp3) is 0.895. The first-order valence-corrected chi connectivity index (χ1v) is 10.2. The second-order valence-electron chi connectivity index (χ2n) is 7.89. The van der Waals surface area contributed by atoms with Gasteiger partial charge in [-0.05, 0) is 12.8 Å². The molecule has 0 aromatic carbocycles. The maximum atomic E-state index is 11.9. The standard InChI is InChI=1S/C19H34N4O4/c1-23(2)17(24)13-21-18(22-15-6-4-3-5-7-15)20-12-16-14-26-19(27-16)8-10-25-11-9-19/h15-16H,3-14H2,1-2H3,(H2,20,21,22). The highest BCUT2D eigenvalue weighted by Crippen LogP contribution is 2.32. The number of rotatable bonds is 5. The Hall–Kier alpha value is -1.38. The van der Waals surface area contributed by atoms with Crippen molar-refractivity contribution in [2.75, 3.05) is 47.0 Å². The molecule has 0 aromatic rings. The summed E-state index contributed by atoms with van der Waals surface area (Å²) in [5.74, 6) is 0.203. The molecule has 1 aliphatic carbocycles. The number of ether oxygens (including phenoxy) is 3. The molecule has 1 amide bonds. The highest BCUT2D eigenvalue weighted by Gasteiger charge is 2.42. The predicted octanol–water partition coefficient (Wildman–Crippen LogP) is 0.865. The SMILES string of the molecule is CN(C)C(=O)CN=C(NCC1COC2(CCOCC2)O1)NC1CCCCC1. The monoisotopic (exact) mass is 382 g/mol. The number of likely N-dealkylation sites (N-methyl/N-ethyl adjacent to an activating group) is 1. The van der Waals surface area contributed by atoms with Gasteiger partial charge in [0, 0.05) is 39.5 Å². The van der Waals surface area contributed by atoms with Crippen molar-refractivity contribution < 1.29 is 19.0 Å². The van der Waals surface area contributed by atoms with Crippen LogP contribution in [0.4, 0.5) is 0 Å². The molecular weight excluding hydrogens is 348 g/mol. The van der Waals surface area contributed by atoms with Crippen molar-refractivity contribution in [2.45, 2.75) is 62.9 Å². The number of amides is 1. The third-order valence-electron chi connectivity index (χ3n) is 5.48. The number of guanidine groups is 1. The van der Waals surface area contributed by atoms with Crippen molar-refractivity contribution in [3.8, 4) is 0 Å². The summed E-state index contributed by atoms with van der Waals surface area (Å²) < 4.78 is 17.5. The van der Waals surface area contributed by atoms with E-state index in [1.165, 1.54) is 19.3 Å². The van der Waals surface area contributed by atoms with Crippen molar-refractivity contribution in [1.29, 1.82) is 0 Å². The molecule has 1 spiro atoms. The van der Waals surface area contributed by atoms with Gasteiger partial charge in [-0.3, -0.25) is 4.79 Å². The van der Waals surface area contributed by atoms with Crippen LogP contribution in [0.5, 0.6) is 0 Å². The third-order valence-corrected chi connectivity index (χ3v) is 5.48. The van der Waals surface area contributed by atoms with Gasteiger partial charge in [0.25, 0.3) is 0 Å². The molecule has 2 aliphatic heterocycles. The van der Waals surface area contributed by atoms with Gasteiger partial charge in [0.05, 0.1) is 19.8 Å². The molecule has 8 heteroatoms. The first kappa shape index (κ1) is 20.4. The van der Waals surface area contributed by atoms with Gasteiger partial charge in [-0.1, -0.05) is 19.3 Å². The molecule has 0 aromatic heterocycles. The highest BCUT2D eigenvalue weighted by atomic mass is 16.7. The van der Waals surface area contributed by atoms with Crippen molar-refractivity contribution in [3.63, 3.8) is 0 Å². The van der Waals surface area contributed by atoms with Crippen LogP contribution in [0.25, 0.3) is 0 Å². The molecule has 3 fully saturated rings. The van der Waals surface area contributed by atoms with Crippen LogP contribution in [-0.2, 0) is 19.0 Å². The molecule has 8 nitrogen and oxygen atoms in total. The lowest BCUT2D eigenvalue weighted by Crippen LogP contribution is -2.47. The van der Waals surface area contributed by atoms with Crippen LogP contribution in [0.3, 0.4) is 0 Å². The molecule has 0 bridgehead atoms. The normalized spacial score (nSPS) is 26.1. The van der Waals surface area contributed by atoms with Crippen molar-refractivity contribution >= 4 is 11.9 Å². The van der Waals surface area contributed by atoms with E-state index in [0.29, 0.717) is 38.4 Å². The summed E-state index contributed by atoms with van der Waals surface area (Å²) in [6.07, 6.45) is 7.62. The van der Waals surface area contributed by atoms with E-state index in [-0.39, 0.29) is 18.6 Å². The smallest absolute Gasteiger partial charge is 0.243 e. The summed E-state index contributed by atoms with van der Waals surface area (Å²) in [6.45, 7) is 2.68. The maximum absolute atomic E-state index is 11.9. The Balaban J connectivity index is 1.52. The van der Waals surface area contributed by atoms with E-state index in [0.717, 1.165) is 25.7 Å². The molecule has 27 heavy (non-hydrogen) atoms. The maximum Gasteiger partial charge on any atom is 0.243 e. The van der Waals surface area contributed by atoms with Gasteiger partial charge in [-0.15, -0.1) is 0 Å². The lowest BCUT2D eigenvalue weighted by Gasteiger charge is -2.31. The minimum absolute atomic E-state index is 0.0126. The van der Waals surface area contributed by atoms with Crippen molar-refractivity contribution in [3.05, 3.63) is 0 Å². The molecule has 1 unspecified atom stereocenters. The highest BCUT2D eigenvalue weighted by molar-refractivity contribution is 5.84. The van der Waals surface area contributed by atoms with E-state index in [9.17, 15) is 4.79 Å². The molecule has 1 saturated carbocycles. The van der Waals surface area contributed by atoms with Crippen LogP contribution in [0.2, 0.25) is 0 Å². The molecular formula is C19H34N4O4. The molecule has 154 valence electrons. The van der Waals surface area contributed by atoms with Crippen LogP contribution < -0.4 is 10.6 Å². The summed E-state index contributed by atoms with van der Waals surface area (Å²) in [7, 11) is 3.49. The summed E-state index contributed by atoms with van der Waals surface area (Å²) in [4.78, 5) is 18.0. The second kappa shape index (κ2) is 9.71. The van der Waals surface area contributed by atoms with Gasteiger partial charge in [-0.25, -0.2) is 4.99 Å². The van der Waals surface area contributed by atoms with Gasteiger partial charge in [0.1, 0.15) is 12.6 Å². The molecule has 2 N–H and O–H groups in total. The topological polar surface area (TPSA) is 84.4 Å². The Kier molecular flexibility index (Phi) is 7.32. The molecule has 3 rings (SSSR count). The Bertz CT molecular complexity index is 514. The number of nitrogens with zero attached hydrogens (tertiary/aromatic N) is 2. The minimum Gasteiger partial charge on any atom is -0.381 e. The summed E-state index contributed by atoms with van der Waals surface area (Å²) >= 11 is 0. The third kappa shape index (κ3) is 6.05. The van der Waals surface area contributed by atoms with E-state index in [1.54, 1.807) is 19.0 Å². The van der Waals surface area contributed by atoms with Crippen molar-refractivity contribution in [2.24, 2.45) is 4.99 Å². The summed E-state index contributed by atoms with van der Waals surface area (Å²) in [5, 5.41) is 6.85. The molecule has 2 saturated heterocycles. The van der Waals surface area contributed by atoms with E-state index in [1.807, 2.05) is 0 Å². The zero-order chi connectivity index (χ0) is 19.1. The lowest BCUT2D eigenvalue weighted by atomic mass is 9.96. The second-order valence-corrected chi connectivity index (χ2v) is 7.89. The van der Waals surface area contributed by atoms with Gasteiger partial charge < -0.3 is 29.7 Å². The molecule has 1 atom stereocenters. The Labute approximate surface area is 162 Å². The number of carbonyl (C=O) groups is 1. The first-order valence-electron chi connectivity index (χ1n) is 10.2. The zero-order valence-electron chi connectivity index (χ0n) is 16.7. The van der Waals surface area contributed by atoms with Crippen LogP contribution in [-0.4, -0.2) is 81.7 Å². The molecule has 3 aliphatic rings. The number of carbonyl (C=O) groups excluding carboxylic acids is 1. The van der Waals surface area contributed by atoms with Crippen LogP contribution in [0, 0.1) is 0 Å². The average Bonchev–Trinajstić information content (AvgIpc) is 3.07. The van der Waals surface area contributed by atoms with E-state index >= 15 is 0 Å². The van der Waals surface area contributed by atoms with E-state index < -0.39 is 5.79 Å². The number of nitrogens with one attached hydrogen (secondary N) is 2. The number of aliphatic imine (C=N–C) groups is 1. The minimum atomic E-state index is -0.473. The largest absolute Gasteiger partial charge is 0.381 e. The van der Waals surface area contributed by atoms with Crippen LogP contribution >= 0.6 is 0 Å². The number of hydrogen-bond acceptors (Lipinski definition) is 5. The van der Waals surface area contributed by atoms with Crippen LogP contribution in [0.15, 0.2) is 4.99 Å². The van der Waals surface area contributed by atoms with Gasteiger partial charge in [-0.2, -0.15) is 0 Å². The molecule has 2 heterocycles. The quantitative estimate of drug-likeness (QED) is 0.542. The summed E-state index contributed by atoms with van der Waals surface area (Å²) in [6, 6.07) is 0.419. The van der Waals surface area contributed by atoms with Crippen molar-refractivity contribution in [1.82, 2.24) is 15.5 Å². The first-order chi connectivity index (χ1) is 13.1. The van der Waals surface area contributed by atoms with Crippen LogP contribution in [0.1, 0.15) is 44.9 Å². The van der Waals surface area contributed by atoms with Gasteiger partial charge in [0.15, 0.2) is 11.7 Å². The predicted molar refractivity (Wildman–Crippen MR) is 103 cm³/mol. The summed E-state index contributed by atoms with van der Waals surface area (Å²) in [5.41, 5.74) is 0. The Morgan fingerprint density at radius 3 is 2.63 bits per heavy atom. The van der Waals surface area contributed by atoms with E-state index in [2.05, 4.69) is 15.6 Å². The average molecular weight is 383 g/mol. The molecule has 0 radical (unpaired) electrons. The van der Waals surface area contributed by atoms with Gasteiger partial charge >= 0.3 is 0 Å².